The molecule has 1 N–H and O–H groups in total. The summed E-state index contributed by atoms with van der Waals surface area (Å²) < 4.78 is 28.5. The van der Waals surface area contributed by atoms with E-state index in [1.807, 2.05) is 26.0 Å². The first-order valence-corrected chi connectivity index (χ1v) is 11.9. The molecule has 3 aromatic carbocycles. The van der Waals surface area contributed by atoms with Gasteiger partial charge in [-0.3, -0.25) is 4.79 Å². The first-order valence-electron chi connectivity index (χ1n) is 11.9. The highest BCUT2D eigenvalue weighted by Gasteiger charge is 2.44. The third-order valence-electron chi connectivity index (χ3n) is 6.18. The average Bonchev–Trinajstić information content (AvgIpc) is 3.31. The minimum atomic E-state index is -1.03. The van der Waals surface area contributed by atoms with E-state index in [-0.39, 0.29) is 11.7 Å². The number of rotatable bonds is 7. The third-order valence-corrected chi connectivity index (χ3v) is 6.18. The van der Waals surface area contributed by atoms with E-state index in [4.69, 9.17) is 23.4 Å². The van der Waals surface area contributed by atoms with Crippen LogP contribution >= 0.6 is 0 Å². The average molecular weight is 502 g/mol. The van der Waals surface area contributed by atoms with Gasteiger partial charge in [0.2, 0.25) is 0 Å². The Labute approximate surface area is 213 Å². The van der Waals surface area contributed by atoms with Crippen molar-refractivity contribution in [2.24, 2.45) is 0 Å². The molecule has 0 radical (unpaired) electrons. The number of anilines is 1. The lowest BCUT2D eigenvalue weighted by atomic mass is 9.88. The second kappa shape index (κ2) is 9.89. The smallest absolute Gasteiger partial charge is 0.344 e. The molecular formula is C29H27NO7. The molecule has 37 heavy (non-hydrogen) atoms. The summed E-state index contributed by atoms with van der Waals surface area (Å²) in [5.74, 6) is 0.908. The molecule has 0 fully saturated rings. The van der Waals surface area contributed by atoms with Crippen LogP contribution in [0, 0.1) is 0 Å². The number of fused-ring (bicyclic) bond motifs is 3. The number of ether oxygens (including phenoxy) is 4. The van der Waals surface area contributed by atoms with E-state index in [1.54, 1.807) is 68.8 Å². The summed E-state index contributed by atoms with van der Waals surface area (Å²) >= 11 is 0. The molecule has 4 aromatic rings. The Morgan fingerprint density at radius 1 is 0.946 bits per heavy atom. The first kappa shape index (κ1) is 24.2. The zero-order valence-corrected chi connectivity index (χ0v) is 20.9. The lowest BCUT2D eigenvalue weighted by Crippen LogP contribution is -2.35. The van der Waals surface area contributed by atoms with Gasteiger partial charge in [-0.05, 0) is 67.9 Å². The molecular weight excluding hydrogens is 474 g/mol. The lowest BCUT2D eigenvalue weighted by Gasteiger charge is -2.20. The summed E-state index contributed by atoms with van der Waals surface area (Å²) in [5, 5.41) is 3.51. The van der Waals surface area contributed by atoms with E-state index >= 15 is 0 Å². The van der Waals surface area contributed by atoms with Gasteiger partial charge in [-0.15, -0.1) is 0 Å². The normalized spacial score (nSPS) is 16.2. The maximum absolute atomic E-state index is 13.6. The van der Waals surface area contributed by atoms with Crippen molar-refractivity contribution in [2.45, 2.75) is 32.0 Å². The third kappa shape index (κ3) is 4.58. The molecule has 0 saturated heterocycles. The van der Waals surface area contributed by atoms with Gasteiger partial charge in [0.05, 0.1) is 37.2 Å². The summed E-state index contributed by atoms with van der Waals surface area (Å²) in [5.41, 5.74) is 1.34. The number of carbonyl (C=O) groups is 1. The second-order valence-electron chi connectivity index (χ2n) is 8.94. The zero-order valence-electron chi connectivity index (χ0n) is 20.9. The molecule has 1 amide bonds. The minimum Gasteiger partial charge on any atom is -0.497 e. The molecule has 2 unspecified atom stereocenters. The fourth-order valence-electron chi connectivity index (χ4n) is 4.54. The number of hydrogen-bond acceptors (Lipinski definition) is 7. The van der Waals surface area contributed by atoms with Gasteiger partial charge in [-0.2, -0.15) is 0 Å². The molecule has 8 heteroatoms. The van der Waals surface area contributed by atoms with E-state index in [1.165, 1.54) is 0 Å². The highest BCUT2D eigenvalue weighted by Crippen LogP contribution is 2.46. The Morgan fingerprint density at radius 2 is 1.70 bits per heavy atom. The van der Waals surface area contributed by atoms with Crippen molar-refractivity contribution in [3.63, 3.8) is 0 Å². The highest BCUT2D eigenvalue weighted by atomic mass is 16.5. The predicted octanol–water partition coefficient (Wildman–Crippen LogP) is 5.13. The van der Waals surface area contributed by atoms with Gasteiger partial charge in [-0.25, -0.2) is 4.79 Å². The standard InChI is InChI=1S/C29H27NO7/c1-16(2)35-22-14-9-17(15-23(22)34-4)24-25-26(20-7-5-6-8-21(20)36-29(25)32)37-27(24)28(31)30-18-10-12-19(33-3)13-11-18/h5-16,24,27H,1-4H3,(H,30,31). The van der Waals surface area contributed by atoms with Crippen LogP contribution in [0.3, 0.4) is 0 Å². The van der Waals surface area contributed by atoms with Gasteiger partial charge < -0.3 is 28.7 Å². The Kier molecular flexibility index (Phi) is 6.48. The summed E-state index contributed by atoms with van der Waals surface area (Å²) in [6.07, 6.45) is -1.09. The molecule has 8 nitrogen and oxygen atoms in total. The Morgan fingerprint density at radius 3 is 2.41 bits per heavy atom. The van der Waals surface area contributed by atoms with Crippen molar-refractivity contribution < 1.29 is 28.2 Å². The molecule has 1 aliphatic rings. The largest absolute Gasteiger partial charge is 0.497 e. The molecule has 0 saturated carbocycles. The van der Waals surface area contributed by atoms with Gasteiger partial charge in [0.1, 0.15) is 17.1 Å². The predicted molar refractivity (Wildman–Crippen MR) is 139 cm³/mol. The molecule has 2 atom stereocenters. The van der Waals surface area contributed by atoms with Crippen LogP contribution < -0.4 is 29.9 Å². The van der Waals surface area contributed by atoms with E-state index in [2.05, 4.69) is 5.32 Å². The molecule has 5 rings (SSSR count). The number of hydrogen-bond donors (Lipinski definition) is 1. The van der Waals surface area contributed by atoms with Crippen LogP contribution in [0.1, 0.15) is 30.9 Å². The van der Waals surface area contributed by atoms with Crippen LogP contribution in [0.5, 0.6) is 23.0 Å². The maximum atomic E-state index is 13.6. The van der Waals surface area contributed by atoms with Crippen molar-refractivity contribution in [3.05, 3.63) is 88.3 Å². The van der Waals surface area contributed by atoms with E-state index in [9.17, 15) is 9.59 Å². The molecule has 190 valence electrons. The minimum absolute atomic E-state index is 0.0586. The Balaban J connectivity index is 1.60. The second-order valence-corrected chi connectivity index (χ2v) is 8.94. The molecule has 1 aromatic heterocycles. The van der Waals surface area contributed by atoms with Crippen molar-refractivity contribution in [1.29, 1.82) is 0 Å². The molecule has 0 spiro atoms. The van der Waals surface area contributed by atoms with E-state index < -0.39 is 23.6 Å². The topological polar surface area (TPSA) is 96.2 Å². The Hall–Kier alpha value is -4.46. The number of benzene rings is 3. The zero-order chi connectivity index (χ0) is 26.1. The fourth-order valence-corrected chi connectivity index (χ4v) is 4.54. The van der Waals surface area contributed by atoms with Crippen LogP contribution in [0.2, 0.25) is 0 Å². The monoisotopic (exact) mass is 501 g/mol. The number of nitrogens with one attached hydrogen (secondary N) is 1. The summed E-state index contributed by atoms with van der Waals surface area (Å²) in [6.45, 7) is 3.84. The van der Waals surface area contributed by atoms with Crippen molar-refractivity contribution in [2.75, 3.05) is 19.5 Å². The first-order chi connectivity index (χ1) is 17.9. The van der Waals surface area contributed by atoms with Crippen LogP contribution in [-0.4, -0.2) is 32.3 Å². The number of methoxy groups -OCH3 is 2. The van der Waals surface area contributed by atoms with Crippen molar-refractivity contribution in [1.82, 2.24) is 0 Å². The van der Waals surface area contributed by atoms with Gasteiger partial charge >= 0.3 is 5.63 Å². The van der Waals surface area contributed by atoms with Crippen molar-refractivity contribution in [3.8, 4) is 23.0 Å². The summed E-state index contributed by atoms with van der Waals surface area (Å²) in [6, 6.07) is 19.4. The lowest BCUT2D eigenvalue weighted by molar-refractivity contribution is -0.122. The molecule has 0 bridgehead atoms. The van der Waals surface area contributed by atoms with Gasteiger partial charge in [0, 0.05) is 5.69 Å². The van der Waals surface area contributed by atoms with Crippen LogP contribution in [0.4, 0.5) is 5.69 Å². The molecule has 2 heterocycles. The number of carbonyl (C=O) groups excluding carboxylic acids is 1. The van der Waals surface area contributed by atoms with Crippen LogP contribution in [0.25, 0.3) is 11.0 Å². The quantitative estimate of drug-likeness (QED) is 0.351. The highest BCUT2D eigenvalue weighted by molar-refractivity contribution is 5.97. The fraction of sp³-hybridized carbons (Fsp3) is 0.241. The molecule has 1 aliphatic heterocycles. The number of amides is 1. The number of para-hydroxylation sites is 1. The molecule has 0 aliphatic carbocycles. The van der Waals surface area contributed by atoms with Gasteiger partial charge in [0.15, 0.2) is 17.6 Å². The van der Waals surface area contributed by atoms with Gasteiger partial charge in [-0.1, -0.05) is 18.2 Å². The SMILES string of the molecule is COc1ccc(NC(=O)C2Oc3c(c(=O)oc4ccccc34)C2c2ccc(OC(C)C)c(OC)c2)cc1. The maximum Gasteiger partial charge on any atom is 0.344 e. The summed E-state index contributed by atoms with van der Waals surface area (Å²) in [4.78, 5) is 26.8. The van der Waals surface area contributed by atoms with Crippen LogP contribution in [-0.2, 0) is 4.79 Å². The Bertz CT molecular complexity index is 1510. The van der Waals surface area contributed by atoms with E-state index in [0.29, 0.717) is 45.2 Å². The van der Waals surface area contributed by atoms with Gasteiger partial charge in [0.25, 0.3) is 5.91 Å². The summed E-state index contributed by atoms with van der Waals surface area (Å²) in [7, 11) is 3.12. The van der Waals surface area contributed by atoms with Crippen LogP contribution in [0.15, 0.2) is 75.9 Å². The van der Waals surface area contributed by atoms with E-state index in [0.717, 1.165) is 0 Å². The van der Waals surface area contributed by atoms with Crippen molar-refractivity contribution >= 4 is 22.6 Å².